The third-order valence-electron chi connectivity index (χ3n) is 6.36. The molecule has 0 spiro atoms. The fourth-order valence-corrected chi connectivity index (χ4v) is 4.55. The summed E-state index contributed by atoms with van der Waals surface area (Å²) in [5, 5.41) is 4.20. The maximum absolute atomic E-state index is 11.5. The van der Waals surface area contributed by atoms with E-state index in [1.54, 1.807) is 14.0 Å². The molecule has 1 unspecified atom stereocenters. The highest BCUT2D eigenvalue weighted by molar-refractivity contribution is 5.69. The van der Waals surface area contributed by atoms with Crippen LogP contribution in [0.1, 0.15) is 51.5 Å². The van der Waals surface area contributed by atoms with Crippen molar-refractivity contribution < 1.29 is 23.5 Å². The number of hydrogen-bond donors (Lipinski definition) is 0. The molecular weight excluding hydrogens is 458 g/mol. The summed E-state index contributed by atoms with van der Waals surface area (Å²) in [6, 6.07) is 14.3. The summed E-state index contributed by atoms with van der Waals surface area (Å²) in [6.45, 7) is 6.47. The van der Waals surface area contributed by atoms with Crippen LogP contribution in [-0.2, 0) is 20.9 Å². The van der Waals surface area contributed by atoms with Crippen LogP contribution in [0.2, 0.25) is 0 Å². The van der Waals surface area contributed by atoms with Crippen LogP contribution >= 0.6 is 0 Å². The Morgan fingerprint density at radius 1 is 1.17 bits per heavy atom. The van der Waals surface area contributed by atoms with E-state index in [9.17, 15) is 4.79 Å². The van der Waals surface area contributed by atoms with Crippen LogP contribution in [0.4, 0.5) is 5.69 Å². The molecule has 192 valence electrons. The van der Waals surface area contributed by atoms with Crippen molar-refractivity contribution in [2.45, 2.75) is 58.6 Å². The van der Waals surface area contributed by atoms with Crippen LogP contribution < -0.4 is 9.64 Å². The molecule has 4 rings (SSSR count). The van der Waals surface area contributed by atoms with Crippen LogP contribution in [0, 0.1) is 0 Å². The number of ether oxygens (including phenoxy) is 3. The second-order valence-electron chi connectivity index (χ2n) is 9.02. The van der Waals surface area contributed by atoms with E-state index < -0.39 is 0 Å². The fraction of sp³-hybridized carbons (Fsp3) is 0.464. The van der Waals surface area contributed by atoms with E-state index in [1.807, 2.05) is 30.3 Å². The van der Waals surface area contributed by atoms with E-state index in [-0.39, 0.29) is 5.97 Å². The Balaban J connectivity index is 1.46. The molecule has 3 aromatic rings. The minimum atomic E-state index is -0.207. The summed E-state index contributed by atoms with van der Waals surface area (Å²) in [5.41, 5.74) is 3.98. The maximum atomic E-state index is 11.5. The largest absolute Gasteiger partial charge is 0.494 e. The molecule has 1 saturated heterocycles. The number of hydrogen-bond acceptors (Lipinski definition) is 8. The van der Waals surface area contributed by atoms with Crippen molar-refractivity contribution in [3.05, 3.63) is 48.0 Å². The molecule has 0 bridgehead atoms. The number of rotatable bonds is 11. The van der Waals surface area contributed by atoms with Crippen LogP contribution in [0.5, 0.6) is 5.75 Å². The lowest BCUT2D eigenvalue weighted by atomic mass is 10.00. The predicted molar refractivity (Wildman–Crippen MR) is 138 cm³/mol. The van der Waals surface area contributed by atoms with Gasteiger partial charge >= 0.3 is 5.97 Å². The number of nitrogens with zero attached hydrogens (tertiary/aromatic N) is 3. The van der Waals surface area contributed by atoms with Crippen molar-refractivity contribution >= 4 is 11.7 Å². The summed E-state index contributed by atoms with van der Waals surface area (Å²) in [5.74, 6) is 1.43. The molecule has 0 amide bonds. The number of benzene rings is 2. The van der Waals surface area contributed by atoms with Crippen LogP contribution in [0.25, 0.3) is 22.8 Å². The molecule has 36 heavy (non-hydrogen) atoms. The van der Waals surface area contributed by atoms with Gasteiger partial charge in [-0.1, -0.05) is 17.3 Å². The second-order valence-corrected chi connectivity index (χ2v) is 9.02. The molecule has 0 N–H and O–H groups in total. The van der Waals surface area contributed by atoms with Crippen molar-refractivity contribution in [2.24, 2.45) is 0 Å². The van der Waals surface area contributed by atoms with Gasteiger partial charge < -0.3 is 23.6 Å². The Kier molecular flexibility index (Phi) is 8.95. The first kappa shape index (κ1) is 25.7. The third kappa shape index (κ3) is 6.43. The molecule has 1 aliphatic rings. The number of esters is 1. The van der Waals surface area contributed by atoms with E-state index in [0.29, 0.717) is 56.2 Å². The van der Waals surface area contributed by atoms with Gasteiger partial charge in [0.15, 0.2) is 0 Å². The number of methoxy groups -OCH3 is 1. The summed E-state index contributed by atoms with van der Waals surface area (Å²) in [7, 11) is 1.72. The fourth-order valence-electron chi connectivity index (χ4n) is 4.55. The molecule has 8 nitrogen and oxygen atoms in total. The van der Waals surface area contributed by atoms with Gasteiger partial charge in [0, 0.05) is 48.5 Å². The van der Waals surface area contributed by atoms with Gasteiger partial charge in [-0.3, -0.25) is 4.79 Å². The molecule has 8 heteroatoms. The lowest BCUT2D eigenvalue weighted by molar-refractivity contribution is -0.143. The van der Waals surface area contributed by atoms with Gasteiger partial charge in [0.1, 0.15) is 5.75 Å². The number of piperidine rings is 1. The van der Waals surface area contributed by atoms with Gasteiger partial charge in [-0.2, -0.15) is 4.98 Å². The van der Waals surface area contributed by atoms with Gasteiger partial charge in [-0.15, -0.1) is 0 Å². The minimum Gasteiger partial charge on any atom is -0.494 e. The van der Waals surface area contributed by atoms with Crippen molar-refractivity contribution in [3.63, 3.8) is 0 Å². The summed E-state index contributed by atoms with van der Waals surface area (Å²) >= 11 is 0. The molecule has 1 fully saturated rings. The van der Waals surface area contributed by atoms with Gasteiger partial charge in [-0.25, -0.2) is 0 Å². The monoisotopic (exact) mass is 493 g/mol. The van der Waals surface area contributed by atoms with Crippen LogP contribution in [0.15, 0.2) is 47.0 Å². The molecule has 0 saturated carbocycles. The Hall–Kier alpha value is -3.39. The highest BCUT2D eigenvalue weighted by Gasteiger charge is 2.22. The van der Waals surface area contributed by atoms with E-state index in [1.165, 1.54) is 24.9 Å². The Bertz CT molecular complexity index is 1150. The molecule has 1 atom stereocenters. The summed E-state index contributed by atoms with van der Waals surface area (Å²) in [6.07, 6.45) is 4.61. The smallest absolute Gasteiger partial charge is 0.305 e. The standard InChI is InChI=1S/C28H35N3O5/c1-4-34-26(32)12-8-16-35-24-11-7-10-21(18-24)27-29-28(36-30-27)22-13-14-25(23(17-22)19-33-3)31-15-6-5-9-20(31)2/h7,10-11,13-14,17-18,20H,4-6,8-9,12,15-16,19H2,1-3H3. The molecule has 0 aliphatic carbocycles. The lowest BCUT2D eigenvalue weighted by Gasteiger charge is -2.36. The quantitative estimate of drug-likeness (QED) is 0.250. The van der Waals surface area contributed by atoms with Crippen molar-refractivity contribution in [2.75, 3.05) is 31.8 Å². The van der Waals surface area contributed by atoms with E-state index in [4.69, 9.17) is 18.7 Å². The van der Waals surface area contributed by atoms with Crippen molar-refractivity contribution in [3.8, 4) is 28.6 Å². The maximum Gasteiger partial charge on any atom is 0.305 e. The minimum absolute atomic E-state index is 0.207. The summed E-state index contributed by atoms with van der Waals surface area (Å²) < 4.78 is 21.9. The number of anilines is 1. The van der Waals surface area contributed by atoms with Crippen LogP contribution in [0.3, 0.4) is 0 Å². The Morgan fingerprint density at radius 3 is 2.86 bits per heavy atom. The zero-order chi connectivity index (χ0) is 25.3. The Morgan fingerprint density at radius 2 is 2.06 bits per heavy atom. The van der Waals surface area contributed by atoms with E-state index >= 15 is 0 Å². The highest BCUT2D eigenvalue weighted by Crippen LogP contribution is 2.32. The van der Waals surface area contributed by atoms with Crippen molar-refractivity contribution in [1.82, 2.24) is 10.1 Å². The average Bonchev–Trinajstić information content (AvgIpc) is 3.38. The van der Waals surface area contributed by atoms with E-state index in [2.05, 4.69) is 34.1 Å². The zero-order valence-electron chi connectivity index (χ0n) is 21.4. The number of carbonyl (C=O) groups excluding carboxylic acids is 1. The normalized spacial score (nSPS) is 15.6. The van der Waals surface area contributed by atoms with Gasteiger partial charge in [0.25, 0.3) is 5.89 Å². The topological polar surface area (TPSA) is 86.9 Å². The third-order valence-corrected chi connectivity index (χ3v) is 6.36. The van der Waals surface area contributed by atoms with Gasteiger partial charge in [0.05, 0.1) is 19.8 Å². The first-order chi connectivity index (χ1) is 17.6. The molecule has 2 aromatic carbocycles. The van der Waals surface area contributed by atoms with Gasteiger partial charge in [-0.05, 0) is 69.9 Å². The SMILES string of the molecule is CCOC(=O)CCCOc1cccc(-c2noc(-c3ccc(N4CCCCC4C)c(COC)c3)n2)c1. The van der Waals surface area contributed by atoms with Crippen LogP contribution in [-0.4, -0.2) is 49.0 Å². The molecular formula is C28H35N3O5. The molecule has 1 aliphatic heterocycles. The molecule has 2 heterocycles. The van der Waals surface area contributed by atoms with Gasteiger partial charge in [0.2, 0.25) is 5.82 Å². The summed E-state index contributed by atoms with van der Waals surface area (Å²) in [4.78, 5) is 18.6. The van der Waals surface area contributed by atoms with Crippen molar-refractivity contribution in [1.29, 1.82) is 0 Å². The molecule has 1 aromatic heterocycles. The zero-order valence-corrected chi connectivity index (χ0v) is 21.4. The second kappa shape index (κ2) is 12.5. The first-order valence-electron chi connectivity index (χ1n) is 12.7. The predicted octanol–water partition coefficient (Wildman–Crippen LogP) is 5.65. The Labute approximate surface area is 212 Å². The lowest BCUT2D eigenvalue weighted by Crippen LogP contribution is -2.38. The number of carbonyl (C=O) groups is 1. The number of aromatic nitrogens is 2. The van der Waals surface area contributed by atoms with E-state index in [0.717, 1.165) is 23.2 Å². The highest BCUT2D eigenvalue weighted by atomic mass is 16.5. The first-order valence-corrected chi connectivity index (χ1v) is 12.7. The molecule has 0 radical (unpaired) electrons. The average molecular weight is 494 g/mol.